The highest BCUT2D eigenvalue weighted by molar-refractivity contribution is 5.95. The van der Waals surface area contributed by atoms with Crippen LogP contribution in [0.15, 0.2) is 54.6 Å². The van der Waals surface area contributed by atoms with Gasteiger partial charge in [-0.1, -0.05) is 18.2 Å². The van der Waals surface area contributed by atoms with Gasteiger partial charge in [-0.2, -0.15) is 0 Å². The molecule has 0 unspecified atom stereocenters. The Morgan fingerprint density at radius 3 is 2.45 bits per heavy atom. The molecule has 2 aromatic carbocycles. The van der Waals surface area contributed by atoms with Crippen LogP contribution in [0.3, 0.4) is 0 Å². The predicted molar refractivity (Wildman–Crippen MR) is 142 cm³/mol. The van der Waals surface area contributed by atoms with Gasteiger partial charge in [-0.25, -0.2) is 4.79 Å². The molecule has 1 saturated heterocycles. The minimum absolute atomic E-state index is 0.0997. The highest BCUT2D eigenvalue weighted by Gasteiger charge is 2.42. The molecule has 1 N–H and O–H groups in total. The summed E-state index contributed by atoms with van der Waals surface area (Å²) in [5.74, 6) is -0.941. The second kappa shape index (κ2) is 11.1. The number of para-hydroxylation sites is 1. The van der Waals surface area contributed by atoms with Crippen LogP contribution >= 0.6 is 0 Å². The summed E-state index contributed by atoms with van der Waals surface area (Å²) in [6.45, 7) is 7.86. The average molecular weight is 520 g/mol. The number of nitrogens with zero attached hydrogens (tertiary/aromatic N) is 2. The van der Waals surface area contributed by atoms with Crippen molar-refractivity contribution in [2.24, 2.45) is 5.92 Å². The van der Waals surface area contributed by atoms with Crippen LogP contribution in [0.25, 0.3) is 10.9 Å². The van der Waals surface area contributed by atoms with E-state index in [0.29, 0.717) is 17.9 Å². The summed E-state index contributed by atoms with van der Waals surface area (Å²) in [6.07, 6.45) is -0.540. The lowest BCUT2D eigenvalue weighted by Crippen LogP contribution is -2.43. The summed E-state index contributed by atoms with van der Waals surface area (Å²) >= 11 is 0. The molecule has 0 aliphatic carbocycles. The van der Waals surface area contributed by atoms with Gasteiger partial charge in [0.2, 0.25) is 0 Å². The van der Waals surface area contributed by atoms with Gasteiger partial charge >= 0.3 is 12.1 Å². The number of esters is 1. The molecule has 1 aromatic heterocycles. The van der Waals surface area contributed by atoms with Crippen LogP contribution in [0.5, 0.6) is 5.75 Å². The summed E-state index contributed by atoms with van der Waals surface area (Å²) in [5.41, 5.74) is 2.59. The summed E-state index contributed by atoms with van der Waals surface area (Å²) < 4.78 is 16.3. The Morgan fingerprint density at radius 2 is 1.76 bits per heavy atom. The van der Waals surface area contributed by atoms with Crippen molar-refractivity contribution in [2.75, 3.05) is 20.2 Å². The van der Waals surface area contributed by atoms with Gasteiger partial charge in [0.1, 0.15) is 18.0 Å². The van der Waals surface area contributed by atoms with Crippen LogP contribution in [0.2, 0.25) is 0 Å². The van der Waals surface area contributed by atoms with Gasteiger partial charge in [0.05, 0.1) is 24.6 Å². The number of ether oxygens (including phenoxy) is 3. The monoisotopic (exact) mass is 519 g/mol. The molecule has 0 saturated carbocycles. The Hall–Kier alpha value is -4.14. The fourth-order valence-corrected chi connectivity index (χ4v) is 4.45. The van der Waals surface area contributed by atoms with Gasteiger partial charge in [0, 0.05) is 35.3 Å². The molecule has 1 aliphatic heterocycles. The topological polar surface area (TPSA) is 107 Å². The van der Waals surface area contributed by atoms with Crippen molar-refractivity contribution in [3.8, 4) is 5.75 Å². The maximum absolute atomic E-state index is 13.0. The number of aromatic nitrogens is 1. The number of fused-ring (bicyclic) bond motifs is 1. The highest BCUT2D eigenvalue weighted by Crippen LogP contribution is 2.23. The average Bonchev–Trinajstić information content (AvgIpc) is 3.30. The van der Waals surface area contributed by atoms with Crippen molar-refractivity contribution < 1.29 is 28.6 Å². The first-order valence-corrected chi connectivity index (χ1v) is 12.5. The first-order chi connectivity index (χ1) is 18.0. The molecule has 2 amide bonds. The van der Waals surface area contributed by atoms with Gasteiger partial charge in [0.25, 0.3) is 5.91 Å². The fraction of sp³-hybridized carbons (Fsp3) is 0.379. The number of amides is 2. The van der Waals surface area contributed by atoms with Crippen LogP contribution in [0.4, 0.5) is 4.79 Å². The summed E-state index contributed by atoms with van der Waals surface area (Å²) in [4.78, 5) is 43.9. The van der Waals surface area contributed by atoms with E-state index in [1.54, 1.807) is 45.0 Å². The van der Waals surface area contributed by atoms with Crippen molar-refractivity contribution in [3.05, 3.63) is 71.4 Å². The predicted octanol–water partition coefficient (Wildman–Crippen LogP) is 4.26. The van der Waals surface area contributed by atoms with Crippen LogP contribution in [0, 0.1) is 12.8 Å². The number of nitrogens with one attached hydrogen (secondary N) is 1. The van der Waals surface area contributed by atoms with Gasteiger partial charge in [-0.15, -0.1) is 0 Å². The normalized spacial score (nSPS) is 17.2. The van der Waals surface area contributed by atoms with Gasteiger partial charge < -0.3 is 24.4 Å². The lowest BCUT2D eigenvalue weighted by atomic mass is 10.0. The van der Waals surface area contributed by atoms with Crippen molar-refractivity contribution in [1.82, 2.24) is 15.2 Å². The van der Waals surface area contributed by atoms with Crippen LogP contribution < -0.4 is 10.1 Å². The van der Waals surface area contributed by atoms with Crippen molar-refractivity contribution >= 4 is 28.9 Å². The number of methoxy groups -OCH3 is 1. The van der Waals surface area contributed by atoms with E-state index in [-0.39, 0.29) is 19.0 Å². The van der Waals surface area contributed by atoms with E-state index in [2.05, 4.69) is 10.3 Å². The number of rotatable bonds is 6. The largest absolute Gasteiger partial charge is 0.489 e. The second-order valence-corrected chi connectivity index (χ2v) is 10.3. The van der Waals surface area contributed by atoms with E-state index in [1.165, 1.54) is 12.0 Å². The SMILES string of the molecule is COC(=O)[C@H]1CN(C(=O)OC(C)(C)C)C[C@H]1NC(=O)c1ccc(OCc2cc(C)nc3ccccc23)cc1. The number of benzene rings is 2. The summed E-state index contributed by atoms with van der Waals surface area (Å²) in [7, 11) is 1.28. The van der Waals surface area contributed by atoms with E-state index < -0.39 is 29.6 Å². The van der Waals surface area contributed by atoms with Crippen molar-refractivity contribution in [1.29, 1.82) is 0 Å². The molecule has 2 atom stereocenters. The molecule has 2 heterocycles. The Kier molecular flexibility index (Phi) is 7.85. The van der Waals surface area contributed by atoms with Crippen molar-refractivity contribution in [3.63, 3.8) is 0 Å². The molecule has 3 aromatic rings. The maximum atomic E-state index is 13.0. The molecule has 1 fully saturated rings. The first-order valence-electron chi connectivity index (χ1n) is 12.5. The third-order valence-corrected chi connectivity index (χ3v) is 6.23. The number of carbonyl (C=O) groups is 3. The van der Waals surface area contributed by atoms with E-state index in [4.69, 9.17) is 14.2 Å². The van der Waals surface area contributed by atoms with Gasteiger partial charge in [-0.05, 0) is 64.1 Å². The number of likely N-dealkylation sites (tertiary alicyclic amines) is 1. The lowest BCUT2D eigenvalue weighted by molar-refractivity contribution is -0.145. The van der Waals surface area contributed by atoms with Crippen LogP contribution in [-0.4, -0.2) is 59.7 Å². The van der Waals surface area contributed by atoms with E-state index in [0.717, 1.165) is 22.2 Å². The molecule has 0 spiro atoms. The molecular formula is C29H33N3O6. The molecule has 9 nitrogen and oxygen atoms in total. The number of pyridine rings is 1. The van der Waals surface area contributed by atoms with E-state index in [1.807, 2.05) is 37.3 Å². The molecule has 200 valence electrons. The minimum atomic E-state index is -0.697. The molecule has 9 heteroatoms. The smallest absolute Gasteiger partial charge is 0.410 e. The molecular weight excluding hydrogens is 486 g/mol. The third kappa shape index (κ3) is 6.40. The fourth-order valence-electron chi connectivity index (χ4n) is 4.45. The maximum Gasteiger partial charge on any atom is 0.410 e. The van der Waals surface area contributed by atoms with Gasteiger partial charge in [-0.3, -0.25) is 14.6 Å². The highest BCUT2D eigenvalue weighted by atomic mass is 16.6. The quantitative estimate of drug-likeness (QED) is 0.485. The molecule has 4 rings (SSSR count). The zero-order valence-corrected chi connectivity index (χ0v) is 22.3. The van der Waals surface area contributed by atoms with Gasteiger partial charge in [0.15, 0.2) is 0 Å². The summed E-state index contributed by atoms with van der Waals surface area (Å²) in [5, 5.41) is 3.91. The third-order valence-electron chi connectivity index (χ3n) is 6.23. The molecule has 38 heavy (non-hydrogen) atoms. The van der Waals surface area contributed by atoms with Crippen LogP contribution in [-0.2, 0) is 20.9 Å². The zero-order valence-electron chi connectivity index (χ0n) is 22.3. The summed E-state index contributed by atoms with van der Waals surface area (Å²) in [6, 6.07) is 16.1. The Balaban J connectivity index is 1.40. The second-order valence-electron chi connectivity index (χ2n) is 10.3. The Labute approximate surface area is 222 Å². The first kappa shape index (κ1) is 26.9. The lowest BCUT2D eigenvalue weighted by Gasteiger charge is -2.24. The minimum Gasteiger partial charge on any atom is -0.489 e. The zero-order chi connectivity index (χ0) is 27.4. The van der Waals surface area contributed by atoms with Crippen LogP contribution in [0.1, 0.15) is 42.4 Å². The molecule has 1 aliphatic rings. The number of aryl methyl sites for hydroxylation is 1. The Bertz CT molecular complexity index is 1330. The van der Waals surface area contributed by atoms with E-state index in [9.17, 15) is 14.4 Å². The van der Waals surface area contributed by atoms with E-state index >= 15 is 0 Å². The number of hydrogen-bond acceptors (Lipinski definition) is 7. The molecule has 0 radical (unpaired) electrons. The standard InChI is InChI=1S/C29H33N3O6/c1-18-14-20(22-8-6-7-9-24(22)30-18)17-37-21-12-10-19(11-13-21)26(33)31-25-16-32(15-23(25)27(34)36-5)28(35)38-29(2,3)4/h6-14,23,25H,15-17H2,1-5H3,(H,31,33)/t23-,25+/m0/s1. The van der Waals surface area contributed by atoms with Crippen molar-refractivity contribution in [2.45, 2.75) is 45.9 Å². The molecule has 0 bridgehead atoms. The number of hydrogen-bond donors (Lipinski definition) is 1. The Morgan fingerprint density at radius 1 is 1.05 bits per heavy atom. The number of carbonyl (C=O) groups excluding carboxylic acids is 3.